The minimum atomic E-state index is -0.551. The lowest BCUT2D eigenvalue weighted by atomic mass is 10.1. The van der Waals surface area contributed by atoms with Crippen LogP contribution in [0.25, 0.3) is 10.9 Å². The molecule has 0 bridgehead atoms. The van der Waals surface area contributed by atoms with Crippen LogP contribution in [0.15, 0.2) is 77.6 Å². The number of carbonyl (C=O) groups excluding carboxylic acids is 1. The third kappa shape index (κ3) is 5.01. The van der Waals surface area contributed by atoms with Crippen LogP contribution in [0.2, 0.25) is 0 Å². The Morgan fingerprint density at radius 2 is 1.68 bits per heavy atom. The van der Waals surface area contributed by atoms with Crippen molar-refractivity contribution < 1.29 is 18.7 Å². The molecule has 0 saturated carbocycles. The summed E-state index contributed by atoms with van der Waals surface area (Å²) in [6, 6.07) is 19.7. The summed E-state index contributed by atoms with van der Waals surface area (Å²) < 4.78 is 24.8. The lowest BCUT2D eigenvalue weighted by molar-refractivity contribution is 0.205. The minimum Gasteiger partial charge on any atom is -0.497 e. The molecular formula is C26H24FN3O4. The van der Waals surface area contributed by atoms with E-state index in [1.807, 2.05) is 24.3 Å². The van der Waals surface area contributed by atoms with Crippen molar-refractivity contribution in [1.29, 1.82) is 0 Å². The van der Waals surface area contributed by atoms with Gasteiger partial charge in [0, 0.05) is 17.2 Å². The first kappa shape index (κ1) is 22.8. The summed E-state index contributed by atoms with van der Waals surface area (Å²) in [4.78, 5) is 30.3. The largest absolute Gasteiger partial charge is 0.497 e. The summed E-state index contributed by atoms with van der Waals surface area (Å²) in [5.41, 5.74) is 1.48. The molecule has 0 atom stereocenters. The maximum absolute atomic E-state index is 14.2. The van der Waals surface area contributed by atoms with E-state index in [0.717, 1.165) is 10.9 Å². The standard InChI is InChI=1S/C26H24FN3O4/c1-33-20-12-11-17-13-19(25(31)28-23(17)14-20)16-30(15-18-7-3-6-10-24(18)34-2)26(32)29-22-9-5-4-8-21(22)27/h3-14H,15-16H2,1-2H3,(H,28,31)(H,29,32). The van der Waals surface area contributed by atoms with E-state index in [9.17, 15) is 14.0 Å². The monoisotopic (exact) mass is 461 g/mol. The van der Waals surface area contributed by atoms with Gasteiger partial charge in [0.05, 0.1) is 38.5 Å². The highest BCUT2D eigenvalue weighted by molar-refractivity contribution is 5.89. The molecule has 0 spiro atoms. The Morgan fingerprint density at radius 3 is 2.44 bits per heavy atom. The minimum absolute atomic E-state index is 0.00433. The Hall–Kier alpha value is -4.33. The summed E-state index contributed by atoms with van der Waals surface area (Å²) in [5, 5.41) is 3.40. The Bertz CT molecular complexity index is 1390. The van der Waals surface area contributed by atoms with E-state index in [0.29, 0.717) is 22.6 Å². The van der Waals surface area contributed by atoms with E-state index < -0.39 is 11.8 Å². The second-order valence-electron chi connectivity index (χ2n) is 7.65. The predicted molar refractivity (Wildman–Crippen MR) is 129 cm³/mol. The Kier molecular flexibility index (Phi) is 6.77. The van der Waals surface area contributed by atoms with Gasteiger partial charge in [0.15, 0.2) is 0 Å². The van der Waals surface area contributed by atoms with Crippen molar-refractivity contribution in [1.82, 2.24) is 9.88 Å². The van der Waals surface area contributed by atoms with Crippen LogP contribution in [0.4, 0.5) is 14.9 Å². The Morgan fingerprint density at radius 1 is 0.941 bits per heavy atom. The highest BCUT2D eigenvalue weighted by atomic mass is 19.1. The van der Waals surface area contributed by atoms with E-state index >= 15 is 0 Å². The number of halogens is 1. The molecule has 174 valence electrons. The maximum atomic E-state index is 14.2. The molecule has 2 N–H and O–H groups in total. The molecule has 34 heavy (non-hydrogen) atoms. The van der Waals surface area contributed by atoms with Crippen molar-refractivity contribution in [2.75, 3.05) is 19.5 Å². The normalized spacial score (nSPS) is 10.7. The van der Waals surface area contributed by atoms with Crippen LogP contribution in [-0.4, -0.2) is 30.1 Å². The van der Waals surface area contributed by atoms with Gasteiger partial charge in [0.25, 0.3) is 5.56 Å². The van der Waals surface area contributed by atoms with Crippen molar-refractivity contribution >= 4 is 22.6 Å². The van der Waals surface area contributed by atoms with Crippen molar-refractivity contribution in [3.8, 4) is 11.5 Å². The molecular weight excluding hydrogens is 437 g/mol. The summed E-state index contributed by atoms with van der Waals surface area (Å²) in [7, 11) is 3.10. The average Bonchev–Trinajstić information content (AvgIpc) is 2.85. The van der Waals surface area contributed by atoms with E-state index in [-0.39, 0.29) is 24.3 Å². The number of amides is 2. The van der Waals surface area contributed by atoms with Gasteiger partial charge in [0.2, 0.25) is 0 Å². The second-order valence-corrected chi connectivity index (χ2v) is 7.65. The second kappa shape index (κ2) is 10.1. The summed E-state index contributed by atoms with van der Waals surface area (Å²) in [5.74, 6) is 0.675. The van der Waals surface area contributed by atoms with Gasteiger partial charge in [-0.3, -0.25) is 4.79 Å². The number of methoxy groups -OCH3 is 2. The predicted octanol–water partition coefficient (Wildman–Crippen LogP) is 4.92. The molecule has 3 aromatic carbocycles. The van der Waals surface area contributed by atoms with Crippen molar-refractivity contribution in [3.05, 3.63) is 100 Å². The zero-order valence-electron chi connectivity index (χ0n) is 18.8. The molecule has 0 unspecified atom stereocenters. The van der Waals surface area contributed by atoms with Crippen LogP contribution in [0.3, 0.4) is 0 Å². The number of anilines is 1. The third-order valence-corrected chi connectivity index (χ3v) is 5.45. The fourth-order valence-corrected chi connectivity index (χ4v) is 3.67. The van der Waals surface area contributed by atoms with Crippen LogP contribution in [-0.2, 0) is 13.1 Å². The van der Waals surface area contributed by atoms with Gasteiger partial charge in [-0.25, -0.2) is 9.18 Å². The molecule has 7 nitrogen and oxygen atoms in total. The quantitative estimate of drug-likeness (QED) is 0.409. The van der Waals surface area contributed by atoms with Crippen LogP contribution in [0.1, 0.15) is 11.1 Å². The lowest BCUT2D eigenvalue weighted by Gasteiger charge is -2.24. The van der Waals surface area contributed by atoms with Gasteiger partial charge in [-0.2, -0.15) is 0 Å². The molecule has 0 saturated heterocycles. The summed E-state index contributed by atoms with van der Waals surface area (Å²) in [6.45, 7) is 0.139. The first-order chi connectivity index (χ1) is 16.5. The lowest BCUT2D eigenvalue weighted by Crippen LogP contribution is -2.36. The Labute approximate surface area is 195 Å². The molecule has 0 radical (unpaired) electrons. The fourth-order valence-electron chi connectivity index (χ4n) is 3.67. The van der Waals surface area contributed by atoms with Gasteiger partial charge >= 0.3 is 6.03 Å². The molecule has 1 aromatic heterocycles. The molecule has 0 aliphatic heterocycles. The highest BCUT2D eigenvalue weighted by Gasteiger charge is 2.20. The third-order valence-electron chi connectivity index (χ3n) is 5.45. The first-order valence-corrected chi connectivity index (χ1v) is 10.6. The van der Waals surface area contributed by atoms with Crippen molar-refractivity contribution in [2.24, 2.45) is 0 Å². The maximum Gasteiger partial charge on any atom is 0.322 e. The van der Waals surface area contributed by atoms with Gasteiger partial charge in [-0.1, -0.05) is 30.3 Å². The van der Waals surface area contributed by atoms with Crippen molar-refractivity contribution in [3.63, 3.8) is 0 Å². The highest BCUT2D eigenvalue weighted by Crippen LogP contribution is 2.23. The number of hydrogen-bond donors (Lipinski definition) is 2. The molecule has 0 aliphatic rings. The number of para-hydroxylation sites is 2. The van der Waals surface area contributed by atoms with Crippen LogP contribution in [0, 0.1) is 5.82 Å². The molecule has 4 rings (SSSR count). The van der Waals surface area contributed by atoms with Crippen LogP contribution in [0.5, 0.6) is 11.5 Å². The number of aromatic amines is 1. The zero-order chi connectivity index (χ0) is 24.1. The van der Waals surface area contributed by atoms with Gasteiger partial charge in [0.1, 0.15) is 17.3 Å². The number of aromatic nitrogens is 1. The van der Waals surface area contributed by atoms with Crippen LogP contribution < -0.4 is 20.3 Å². The SMILES string of the molecule is COc1ccc2cc(CN(Cc3ccccc3OC)C(=O)Nc3ccccc3F)c(=O)[nH]c2c1. The number of carbonyl (C=O) groups is 1. The van der Waals surface area contributed by atoms with E-state index in [1.54, 1.807) is 50.6 Å². The van der Waals surface area contributed by atoms with Gasteiger partial charge in [-0.05, 0) is 41.8 Å². The van der Waals surface area contributed by atoms with Gasteiger partial charge < -0.3 is 24.7 Å². The Balaban J connectivity index is 1.68. The molecule has 4 aromatic rings. The number of nitrogens with one attached hydrogen (secondary N) is 2. The number of rotatable bonds is 7. The smallest absolute Gasteiger partial charge is 0.322 e. The fraction of sp³-hybridized carbons (Fsp3) is 0.154. The van der Waals surface area contributed by atoms with Crippen LogP contribution >= 0.6 is 0 Å². The molecule has 0 fully saturated rings. The van der Waals surface area contributed by atoms with E-state index in [1.165, 1.54) is 17.0 Å². The number of urea groups is 1. The van der Waals surface area contributed by atoms with Crippen molar-refractivity contribution in [2.45, 2.75) is 13.1 Å². The number of fused-ring (bicyclic) bond motifs is 1. The number of H-pyrrole nitrogens is 1. The molecule has 0 aliphatic carbocycles. The number of pyridine rings is 1. The number of benzene rings is 3. The summed E-state index contributed by atoms with van der Waals surface area (Å²) in [6.07, 6.45) is 0. The van der Waals surface area contributed by atoms with E-state index in [4.69, 9.17) is 9.47 Å². The number of nitrogens with zero attached hydrogens (tertiary/aromatic N) is 1. The van der Waals surface area contributed by atoms with Gasteiger partial charge in [-0.15, -0.1) is 0 Å². The number of ether oxygens (including phenoxy) is 2. The topological polar surface area (TPSA) is 83.7 Å². The first-order valence-electron chi connectivity index (χ1n) is 10.6. The number of hydrogen-bond acceptors (Lipinski definition) is 4. The average molecular weight is 461 g/mol. The molecule has 2 amide bonds. The summed E-state index contributed by atoms with van der Waals surface area (Å²) >= 11 is 0. The molecule has 1 heterocycles. The van der Waals surface area contributed by atoms with E-state index in [2.05, 4.69) is 10.3 Å². The zero-order valence-corrected chi connectivity index (χ0v) is 18.8. The molecule has 8 heteroatoms.